The molecule has 0 saturated carbocycles. The Hall–Kier alpha value is -1.83. The second kappa shape index (κ2) is 14.3. The number of carbonyl (C=O) groups excluding carboxylic acids is 2. The number of benzene rings is 2. The Balaban J connectivity index is 0.00000512. The van der Waals surface area contributed by atoms with Gasteiger partial charge in [0.2, 0.25) is 5.91 Å². The van der Waals surface area contributed by atoms with Crippen LogP contribution in [0.15, 0.2) is 59.6 Å². The van der Waals surface area contributed by atoms with Gasteiger partial charge in [0.1, 0.15) is 5.82 Å². The highest BCUT2D eigenvalue weighted by Crippen LogP contribution is 2.23. The van der Waals surface area contributed by atoms with E-state index in [0.29, 0.717) is 12.1 Å². The van der Waals surface area contributed by atoms with Crippen LogP contribution in [0.1, 0.15) is 48.5 Å². The fourth-order valence-electron chi connectivity index (χ4n) is 3.40. The first kappa shape index (κ1) is 28.2. The molecular formula is C25H31Br2FN2O2. The van der Waals surface area contributed by atoms with E-state index >= 15 is 0 Å². The predicted octanol–water partition coefficient (Wildman–Crippen LogP) is 6.43. The Kier molecular flexibility index (Phi) is 12.6. The number of likely N-dealkylation sites (N-methyl/N-ethyl adjacent to an activating group) is 1. The van der Waals surface area contributed by atoms with E-state index in [9.17, 15) is 14.0 Å². The third kappa shape index (κ3) is 8.60. The Morgan fingerprint density at radius 3 is 2.16 bits per heavy atom. The summed E-state index contributed by atoms with van der Waals surface area (Å²) in [5.41, 5.74) is 0.957. The van der Waals surface area contributed by atoms with E-state index in [4.69, 9.17) is 0 Å². The lowest BCUT2D eigenvalue weighted by molar-refractivity contribution is -0.116. The summed E-state index contributed by atoms with van der Waals surface area (Å²) in [4.78, 5) is 28.4. The van der Waals surface area contributed by atoms with Crippen molar-refractivity contribution in [2.45, 2.75) is 32.6 Å². The molecule has 0 aliphatic carbocycles. The molecule has 0 atom stereocenters. The highest BCUT2D eigenvalue weighted by atomic mass is 79.9. The number of halogens is 3. The molecule has 1 amide bonds. The molecule has 174 valence electrons. The molecule has 2 aromatic carbocycles. The Labute approximate surface area is 209 Å². The summed E-state index contributed by atoms with van der Waals surface area (Å²) in [5.74, 6) is -1.03. The zero-order valence-corrected chi connectivity index (χ0v) is 21.9. The lowest BCUT2D eigenvalue weighted by Gasteiger charge is -2.22. The molecule has 0 N–H and O–H groups in total. The van der Waals surface area contributed by atoms with Gasteiger partial charge in [0.15, 0.2) is 5.78 Å². The van der Waals surface area contributed by atoms with E-state index < -0.39 is 5.82 Å². The highest BCUT2D eigenvalue weighted by molar-refractivity contribution is 9.10. The lowest BCUT2D eigenvalue weighted by Crippen LogP contribution is -2.30. The summed E-state index contributed by atoms with van der Waals surface area (Å²) in [6.07, 6.45) is 5.77. The number of unbranched alkanes of at least 4 members (excludes halogenated alkanes) is 3. The van der Waals surface area contributed by atoms with Crippen LogP contribution < -0.4 is 4.90 Å². The molecule has 0 spiro atoms. The predicted molar refractivity (Wildman–Crippen MR) is 138 cm³/mol. The molecular weight excluding hydrogens is 539 g/mol. The number of nitrogens with zero attached hydrogens (tertiary/aromatic N) is 2. The van der Waals surface area contributed by atoms with Crippen LogP contribution in [0.5, 0.6) is 0 Å². The van der Waals surface area contributed by atoms with Crippen LogP contribution >= 0.6 is 32.9 Å². The summed E-state index contributed by atoms with van der Waals surface area (Å²) in [7, 11) is 2.06. The molecule has 0 aromatic heterocycles. The summed E-state index contributed by atoms with van der Waals surface area (Å²) < 4.78 is 15.7. The van der Waals surface area contributed by atoms with Gasteiger partial charge in [0.25, 0.3) is 0 Å². The van der Waals surface area contributed by atoms with Gasteiger partial charge in [0, 0.05) is 35.6 Å². The van der Waals surface area contributed by atoms with Crippen LogP contribution in [0.4, 0.5) is 10.1 Å². The van der Waals surface area contributed by atoms with Crippen LogP contribution in [0.2, 0.25) is 0 Å². The maximum Gasteiger partial charge on any atom is 0.223 e. The second-order valence-corrected chi connectivity index (χ2v) is 8.55. The summed E-state index contributed by atoms with van der Waals surface area (Å²) in [5, 5.41) is 0. The standard InChI is InChI=1S/C25H30BrFN2O2.BrH/c1-4-15-28(3)16-7-5-6-8-17-29(19(2)30)24-14-11-21(18-23(24)27)25(31)20-9-12-22(26)13-10-20;/h4,9-14,18H,1,5-8,15-17H2,2-3H3;1H. The Bertz CT molecular complexity index is 903. The monoisotopic (exact) mass is 568 g/mol. The van der Waals surface area contributed by atoms with Crippen molar-refractivity contribution in [3.05, 3.63) is 76.5 Å². The number of ketones is 1. The average molecular weight is 570 g/mol. The molecule has 7 heteroatoms. The molecule has 0 saturated heterocycles. The van der Waals surface area contributed by atoms with Gasteiger partial charge in [-0.15, -0.1) is 23.6 Å². The van der Waals surface area contributed by atoms with Crippen molar-refractivity contribution in [1.29, 1.82) is 0 Å². The first-order chi connectivity index (χ1) is 14.8. The summed E-state index contributed by atoms with van der Waals surface area (Å²) >= 11 is 3.33. The van der Waals surface area contributed by atoms with E-state index in [2.05, 4.69) is 34.5 Å². The molecule has 0 bridgehead atoms. The highest BCUT2D eigenvalue weighted by Gasteiger charge is 2.18. The van der Waals surface area contributed by atoms with Crippen LogP contribution in [0, 0.1) is 5.82 Å². The van der Waals surface area contributed by atoms with E-state index in [1.807, 2.05) is 6.08 Å². The molecule has 0 unspecified atom stereocenters. The second-order valence-electron chi connectivity index (χ2n) is 7.64. The third-order valence-corrected chi connectivity index (χ3v) is 5.63. The zero-order chi connectivity index (χ0) is 22.8. The van der Waals surface area contributed by atoms with Crippen LogP contribution in [-0.4, -0.2) is 43.3 Å². The van der Waals surface area contributed by atoms with Gasteiger partial charge in [-0.3, -0.25) is 9.59 Å². The molecule has 0 heterocycles. The number of anilines is 1. The molecule has 0 radical (unpaired) electrons. The van der Waals surface area contributed by atoms with Gasteiger partial charge in [0.05, 0.1) is 5.69 Å². The summed E-state index contributed by atoms with van der Waals surface area (Å²) in [6, 6.07) is 11.2. The minimum Gasteiger partial charge on any atom is -0.310 e. The van der Waals surface area contributed by atoms with Crippen molar-refractivity contribution in [3.8, 4) is 0 Å². The first-order valence-electron chi connectivity index (χ1n) is 10.5. The van der Waals surface area contributed by atoms with Gasteiger partial charge in [-0.1, -0.05) is 34.8 Å². The van der Waals surface area contributed by atoms with E-state index in [-0.39, 0.29) is 39.9 Å². The number of carbonyl (C=O) groups is 2. The fraction of sp³-hybridized carbons (Fsp3) is 0.360. The van der Waals surface area contributed by atoms with Gasteiger partial charge < -0.3 is 9.80 Å². The topological polar surface area (TPSA) is 40.6 Å². The lowest BCUT2D eigenvalue weighted by atomic mass is 10.0. The van der Waals surface area contributed by atoms with Crippen LogP contribution in [0.25, 0.3) is 0 Å². The minimum atomic E-state index is -0.566. The van der Waals surface area contributed by atoms with Gasteiger partial charge in [-0.05, 0) is 68.9 Å². The number of amides is 1. The van der Waals surface area contributed by atoms with Gasteiger partial charge in [-0.2, -0.15) is 0 Å². The summed E-state index contributed by atoms with van der Waals surface area (Å²) in [6.45, 7) is 7.50. The molecule has 2 aromatic rings. The molecule has 0 fully saturated rings. The molecule has 0 aliphatic rings. The Morgan fingerprint density at radius 1 is 1.00 bits per heavy atom. The molecule has 32 heavy (non-hydrogen) atoms. The molecule has 2 rings (SSSR count). The zero-order valence-electron chi connectivity index (χ0n) is 18.7. The molecule has 0 aliphatic heterocycles. The SMILES string of the molecule is Br.C=CCN(C)CCCCCCN(C(C)=O)c1ccc(C(=O)c2ccc(Br)cc2)cc1F. The minimum absolute atomic E-state index is 0. The van der Waals surface area contributed by atoms with E-state index in [1.54, 1.807) is 30.3 Å². The number of hydrogen-bond acceptors (Lipinski definition) is 3. The number of hydrogen-bond donors (Lipinski definition) is 0. The largest absolute Gasteiger partial charge is 0.310 e. The maximum absolute atomic E-state index is 14.8. The van der Waals surface area contributed by atoms with E-state index in [0.717, 1.165) is 43.2 Å². The van der Waals surface area contributed by atoms with Crippen LogP contribution in [0.3, 0.4) is 0 Å². The average Bonchev–Trinajstić information content (AvgIpc) is 2.73. The van der Waals surface area contributed by atoms with Crippen molar-refractivity contribution in [2.24, 2.45) is 0 Å². The van der Waals surface area contributed by atoms with E-state index in [1.165, 1.54) is 24.0 Å². The fourth-order valence-corrected chi connectivity index (χ4v) is 3.66. The Morgan fingerprint density at radius 2 is 1.59 bits per heavy atom. The smallest absolute Gasteiger partial charge is 0.223 e. The molecule has 4 nitrogen and oxygen atoms in total. The maximum atomic E-state index is 14.8. The van der Waals surface area contributed by atoms with Gasteiger partial charge >= 0.3 is 0 Å². The quantitative estimate of drug-likeness (QED) is 0.168. The number of rotatable bonds is 12. The van der Waals surface area contributed by atoms with Crippen LogP contribution in [-0.2, 0) is 4.79 Å². The first-order valence-corrected chi connectivity index (χ1v) is 11.3. The van der Waals surface area contributed by atoms with Gasteiger partial charge in [-0.25, -0.2) is 4.39 Å². The van der Waals surface area contributed by atoms with Crippen molar-refractivity contribution < 1.29 is 14.0 Å². The van der Waals surface area contributed by atoms with Crippen molar-refractivity contribution >= 4 is 50.3 Å². The third-order valence-electron chi connectivity index (χ3n) is 5.10. The van der Waals surface area contributed by atoms with Crippen molar-refractivity contribution in [1.82, 2.24) is 4.90 Å². The normalized spacial score (nSPS) is 10.5. The van der Waals surface area contributed by atoms with Crippen molar-refractivity contribution in [2.75, 3.05) is 31.6 Å². The van der Waals surface area contributed by atoms with Crippen molar-refractivity contribution in [3.63, 3.8) is 0 Å².